The van der Waals surface area contributed by atoms with Crippen molar-refractivity contribution in [3.63, 3.8) is 0 Å². The summed E-state index contributed by atoms with van der Waals surface area (Å²) in [4.78, 5) is 26.9. The quantitative estimate of drug-likeness (QED) is 0.797. The van der Waals surface area contributed by atoms with E-state index in [1.807, 2.05) is 24.3 Å². The van der Waals surface area contributed by atoms with Crippen molar-refractivity contribution in [1.29, 1.82) is 0 Å². The highest BCUT2D eigenvalue weighted by Crippen LogP contribution is 2.44. The Balaban J connectivity index is 1.36. The lowest BCUT2D eigenvalue weighted by atomic mass is 9.91. The smallest absolute Gasteiger partial charge is 0.410 e. The molecule has 150 valence electrons. The number of fused-ring (bicyclic) bond motifs is 4. The molecule has 1 amide bonds. The van der Waals surface area contributed by atoms with Crippen molar-refractivity contribution in [1.82, 2.24) is 4.90 Å². The molecule has 1 aliphatic carbocycles. The molecule has 2 aromatic rings. The molecule has 5 nitrogen and oxygen atoms in total. The van der Waals surface area contributed by atoms with E-state index in [0.717, 1.165) is 0 Å². The minimum atomic E-state index is -0.502. The number of ether oxygens (including phenoxy) is 2. The fourth-order valence-corrected chi connectivity index (χ4v) is 5.15. The number of carbonyl (C=O) groups is 2. The van der Waals surface area contributed by atoms with Crippen LogP contribution in [0.25, 0.3) is 11.1 Å². The Morgan fingerprint density at radius 1 is 1.10 bits per heavy atom. The third-order valence-corrected chi connectivity index (χ3v) is 6.65. The molecule has 0 N–H and O–H groups in total. The van der Waals surface area contributed by atoms with E-state index in [2.05, 4.69) is 38.1 Å². The third kappa shape index (κ3) is 2.87. The van der Waals surface area contributed by atoms with Crippen molar-refractivity contribution < 1.29 is 19.1 Å². The van der Waals surface area contributed by atoms with E-state index in [4.69, 9.17) is 9.47 Å². The number of amides is 1. The van der Waals surface area contributed by atoms with Crippen LogP contribution in [0.15, 0.2) is 48.5 Å². The highest BCUT2D eigenvalue weighted by molar-refractivity contribution is 5.91. The zero-order valence-electron chi connectivity index (χ0n) is 16.7. The first-order chi connectivity index (χ1) is 14.1. The number of carbonyl (C=O) groups excluding carboxylic acids is 2. The molecule has 0 bridgehead atoms. The molecule has 0 unspecified atom stereocenters. The minimum absolute atomic E-state index is 0.0150. The van der Waals surface area contributed by atoms with Gasteiger partial charge in [0.15, 0.2) is 5.78 Å². The van der Waals surface area contributed by atoms with E-state index in [1.165, 1.54) is 22.3 Å². The minimum Gasteiger partial charge on any atom is -0.448 e. The van der Waals surface area contributed by atoms with Crippen LogP contribution in [0.4, 0.5) is 4.79 Å². The molecule has 2 saturated heterocycles. The number of ketones is 1. The van der Waals surface area contributed by atoms with Gasteiger partial charge in [-0.1, -0.05) is 62.4 Å². The Kier molecular flexibility index (Phi) is 4.43. The van der Waals surface area contributed by atoms with Crippen LogP contribution >= 0.6 is 0 Å². The summed E-state index contributed by atoms with van der Waals surface area (Å²) in [6.07, 6.45) is -0.619. The first-order valence-electron chi connectivity index (χ1n) is 10.3. The second-order valence-corrected chi connectivity index (χ2v) is 8.55. The monoisotopic (exact) mass is 391 g/mol. The maximum absolute atomic E-state index is 13.0. The number of benzene rings is 2. The van der Waals surface area contributed by atoms with Crippen molar-refractivity contribution in [2.75, 3.05) is 19.8 Å². The van der Waals surface area contributed by atoms with E-state index in [9.17, 15) is 9.59 Å². The van der Waals surface area contributed by atoms with Gasteiger partial charge < -0.3 is 9.47 Å². The lowest BCUT2D eigenvalue weighted by Gasteiger charge is -2.23. The van der Waals surface area contributed by atoms with Gasteiger partial charge in [0.2, 0.25) is 0 Å². The maximum atomic E-state index is 13.0. The lowest BCUT2D eigenvalue weighted by Crippen LogP contribution is -2.42. The highest BCUT2D eigenvalue weighted by atomic mass is 16.6. The lowest BCUT2D eigenvalue weighted by molar-refractivity contribution is -0.121. The predicted molar refractivity (Wildman–Crippen MR) is 109 cm³/mol. The van der Waals surface area contributed by atoms with Crippen LogP contribution in [-0.2, 0) is 14.3 Å². The third-order valence-electron chi connectivity index (χ3n) is 6.65. The summed E-state index contributed by atoms with van der Waals surface area (Å²) in [5.74, 6) is 0.486. The first kappa shape index (κ1) is 18.4. The Morgan fingerprint density at radius 3 is 2.34 bits per heavy atom. The van der Waals surface area contributed by atoms with E-state index in [-0.39, 0.29) is 36.9 Å². The van der Waals surface area contributed by atoms with E-state index < -0.39 is 12.1 Å². The van der Waals surface area contributed by atoms with Crippen LogP contribution in [0.3, 0.4) is 0 Å². The molecule has 2 heterocycles. The first-order valence-corrected chi connectivity index (χ1v) is 10.3. The number of nitrogens with zero attached hydrogens (tertiary/aromatic N) is 1. The normalized spacial score (nSPS) is 25.3. The predicted octanol–water partition coefficient (Wildman–Crippen LogP) is 3.86. The van der Waals surface area contributed by atoms with Crippen molar-refractivity contribution in [2.24, 2.45) is 11.8 Å². The molecule has 2 fully saturated rings. The number of rotatable bonds is 3. The summed E-state index contributed by atoms with van der Waals surface area (Å²) in [6, 6.07) is 16.0. The average Bonchev–Trinajstić information content (AvgIpc) is 3.38. The summed E-state index contributed by atoms with van der Waals surface area (Å²) < 4.78 is 11.5. The molecule has 29 heavy (non-hydrogen) atoms. The summed E-state index contributed by atoms with van der Waals surface area (Å²) in [6.45, 7) is 5.08. The number of hydrogen-bond donors (Lipinski definition) is 0. The standard InChI is InChI=1S/C24H25NO4/c1-14(2)19-11-25(22-21(26)13-28-23(19)22)24(27)29-12-20-17-9-5-3-7-15(17)16-8-4-6-10-18(16)20/h3-10,14,19-20,22-23H,11-13H2,1-2H3/t19-,22-,23-/m1/s1. The summed E-state index contributed by atoms with van der Waals surface area (Å²) in [5, 5.41) is 0. The fourth-order valence-electron chi connectivity index (χ4n) is 5.15. The van der Waals surface area contributed by atoms with E-state index in [0.29, 0.717) is 12.5 Å². The summed E-state index contributed by atoms with van der Waals surface area (Å²) in [5.41, 5.74) is 4.76. The molecule has 0 saturated carbocycles. The van der Waals surface area contributed by atoms with Crippen molar-refractivity contribution in [3.8, 4) is 11.1 Å². The zero-order valence-corrected chi connectivity index (χ0v) is 16.7. The van der Waals surface area contributed by atoms with Crippen molar-refractivity contribution in [3.05, 3.63) is 59.7 Å². The van der Waals surface area contributed by atoms with Gasteiger partial charge in [-0.05, 0) is 28.2 Å². The highest BCUT2D eigenvalue weighted by Gasteiger charge is 2.53. The molecule has 3 aliphatic rings. The Morgan fingerprint density at radius 2 is 1.72 bits per heavy atom. The average molecular weight is 391 g/mol. The van der Waals surface area contributed by atoms with E-state index >= 15 is 0 Å². The van der Waals surface area contributed by atoms with Crippen LogP contribution < -0.4 is 0 Å². The number of hydrogen-bond acceptors (Lipinski definition) is 4. The molecule has 0 aromatic heterocycles. The van der Waals surface area contributed by atoms with Crippen molar-refractivity contribution in [2.45, 2.75) is 31.9 Å². The number of likely N-dealkylation sites (tertiary alicyclic amines) is 1. The largest absolute Gasteiger partial charge is 0.448 e. The van der Waals surface area contributed by atoms with Gasteiger partial charge >= 0.3 is 6.09 Å². The van der Waals surface area contributed by atoms with Crippen LogP contribution in [0.2, 0.25) is 0 Å². The van der Waals surface area contributed by atoms with Gasteiger partial charge in [-0.25, -0.2) is 4.79 Å². The van der Waals surface area contributed by atoms with Crippen molar-refractivity contribution >= 4 is 11.9 Å². The molecule has 2 aromatic carbocycles. The second-order valence-electron chi connectivity index (χ2n) is 8.55. The van der Waals surface area contributed by atoms with Gasteiger partial charge in [-0.15, -0.1) is 0 Å². The molecule has 0 radical (unpaired) electrons. The van der Waals surface area contributed by atoms with Gasteiger partial charge in [0.25, 0.3) is 0 Å². The molecule has 2 aliphatic heterocycles. The maximum Gasteiger partial charge on any atom is 0.410 e. The van der Waals surface area contributed by atoms with Gasteiger partial charge in [-0.3, -0.25) is 9.69 Å². The molecule has 5 rings (SSSR count). The second kappa shape index (κ2) is 6.99. The molecular weight excluding hydrogens is 366 g/mol. The topological polar surface area (TPSA) is 55.8 Å². The Bertz CT molecular complexity index is 923. The van der Waals surface area contributed by atoms with Gasteiger partial charge in [-0.2, -0.15) is 0 Å². The SMILES string of the molecule is CC(C)[C@H]1CN(C(=O)OCC2c3ccccc3-c3ccccc32)[C@@H]2C(=O)CO[C@H]12. The van der Waals surface area contributed by atoms with Crippen LogP contribution in [0.1, 0.15) is 30.9 Å². The molecular formula is C24H25NO4. The van der Waals surface area contributed by atoms with E-state index in [1.54, 1.807) is 4.90 Å². The van der Waals surface area contributed by atoms with Crippen LogP contribution in [0.5, 0.6) is 0 Å². The number of Topliss-reactive ketones (excluding diaryl/α,β-unsaturated/α-hetero) is 1. The zero-order chi connectivity index (χ0) is 20.1. The summed E-state index contributed by atoms with van der Waals surface area (Å²) >= 11 is 0. The van der Waals surface area contributed by atoms with Gasteiger partial charge in [0, 0.05) is 18.4 Å². The van der Waals surface area contributed by atoms with Crippen LogP contribution in [0, 0.1) is 11.8 Å². The van der Waals surface area contributed by atoms with Gasteiger partial charge in [0.1, 0.15) is 19.3 Å². The Labute approximate surface area is 170 Å². The summed E-state index contributed by atoms with van der Waals surface area (Å²) in [7, 11) is 0. The molecule has 3 atom stereocenters. The van der Waals surface area contributed by atoms with Crippen LogP contribution in [-0.4, -0.2) is 48.7 Å². The molecule has 0 spiro atoms. The molecule has 5 heteroatoms. The Hall–Kier alpha value is -2.66. The van der Waals surface area contributed by atoms with Gasteiger partial charge in [0.05, 0.1) is 6.10 Å². The fraction of sp³-hybridized carbons (Fsp3) is 0.417.